The minimum atomic E-state index is -1.13. The number of guanidine groups is 1. The fraction of sp³-hybridized carbons (Fsp3) is 0.375. The maximum absolute atomic E-state index is 11.6. The summed E-state index contributed by atoms with van der Waals surface area (Å²) in [5, 5.41) is 18.2. The highest BCUT2D eigenvalue weighted by Crippen LogP contribution is 2.01. The van der Waals surface area contributed by atoms with E-state index in [1.165, 1.54) is 7.05 Å². The summed E-state index contributed by atoms with van der Waals surface area (Å²) in [7, 11) is 1.35. The van der Waals surface area contributed by atoms with E-state index in [0.29, 0.717) is 6.42 Å². The second-order valence-electron chi connectivity index (χ2n) is 5.10. The molecular formula is C16H21N3O6. The summed E-state index contributed by atoms with van der Waals surface area (Å²) in [6, 6.07) is 9.17. The number of hydrogen-bond acceptors (Lipinski definition) is 6. The molecule has 136 valence electrons. The van der Waals surface area contributed by atoms with Gasteiger partial charge in [-0.2, -0.15) is 0 Å². The minimum Gasteiger partial charge on any atom is -0.480 e. The zero-order valence-corrected chi connectivity index (χ0v) is 13.9. The normalized spacial score (nSPS) is 9.80. The van der Waals surface area contributed by atoms with Crippen molar-refractivity contribution in [1.29, 1.82) is 5.41 Å². The molecule has 0 radical (unpaired) electrons. The molecule has 0 fully saturated rings. The lowest BCUT2D eigenvalue weighted by Gasteiger charge is -2.17. The summed E-state index contributed by atoms with van der Waals surface area (Å²) in [4.78, 5) is 34.5. The van der Waals surface area contributed by atoms with Crippen molar-refractivity contribution in [2.75, 3.05) is 26.8 Å². The van der Waals surface area contributed by atoms with Crippen LogP contribution in [0.4, 0.5) is 4.79 Å². The van der Waals surface area contributed by atoms with Gasteiger partial charge in [0.2, 0.25) is 5.96 Å². The molecule has 0 heterocycles. The molecule has 0 saturated carbocycles. The van der Waals surface area contributed by atoms with Crippen molar-refractivity contribution < 1.29 is 29.0 Å². The van der Waals surface area contributed by atoms with Gasteiger partial charge in [-0.05, 0) is 5.56 Å². The van der Waals surface area contributed by atoms with Crippen LogP contribution in [0.1, 0.15) is 12.0 Å². The molecule has 1 aromatic rings. The topological polar surface area (TPSA) is 129 Å². The van der Waals surface area contributed by atoms with Gasteiger partial charge in [0.05, 0.1) is 19.6 Å². The third kappa shape index (κ3) is 8.94. The number of ether oxygens (including phenoxy) is 2. The molecule has 0 aromatic heterocycles. The van der Waals surface area contributed by atoms with Gasteiger partial charge in [0.1, 0.15) is 6.54 Å². The molecule has 0 aliphatic carbocycles. The van der Waals surface area contributed by atoms with Gasteiger partial charge in [-0.3, -0.25) is 20.3 Å². The van der Waals surface area contributed by atoms with E-state index in [-0.39, 0.29) is 31.6 Å². The van der Waals surface area contributed by atoms with Crippen LogP contribution in [-0.2, 0) is 25.5 Å². The van der Waals surface area contributed by atoms with Crippen LogP contribution >= 0.6 is 0 Å². The standard InChI is InChI=1S/C16H21N3O6/c1-19(11-13(20)21)15(17)18-16(23)25-9-5-8-24-14(22)10-12-6-3-2-4-7-12/h2-4,6-7H,5,8-11H2,1H3,(H,20,21)(H2,17,18,23). The smallest absolute Gasteiger partial charge is 0.413 e. The summed E-state index contributed by atoms with van der Waals surface area (Å²) < 4.78 is 9.84. The van der Waals surface area contributed by atoms with Gasteiger partial charge in [-0.25, -0.2) is 4.79 Å². The molecule has 3 N–H and O–H groups in total. The highest BCUT2D eigenvalue weighted by molar-refractivity contribution is 5.93. The van der Waals surface area contributed by atoms with Crippen LogP contribution in [0.3, 0.4) is 0 Å². The lowest BCUT2D eigenvalue weighted by molar-refractivity contribution is -0.143. The number of hydrogen-bond donors (Lipinski definition) is 3. The number of alkyl carbamates (subject to hydrolysis) is 1. The number of benzene rings is 1. The highest BCUT2D eigenvalue weighted by Gasteiger charge is 2.12. The van der Waals surface area contributed by atoms with Gasteiger partial charge in [0.15, 0.2) is 0 Å². The second-order valence-corrected chi connectivity index (χ2v) is 5.10. The van der Waals surface area contributed by atoms with Crippen LogP contribution in [-0.4, -0.2) is 60.8 Å². The first-order chi connectivity index (χ1) is 11.9. The lowest BCUT2D eigenvalue weighted by Crippen LogP contribution is -2.43. The largest absolute Gasteiger partial charge is 0.480 e. The Balaban J connectivity index is 2.12. The summed E-state index contributed by atoms with van der Waals surface area (Å²) >= 11 is 0. The van der Waals surface area contributed by atoms with Gasteiger partial charge < -0.3 is 19.5 Å². The molecule has 1 amide bonds. The predicted octanol–water partition coefficient (Wildman–Crippen LogP) is 0.840. The van der Waals surface area contributed by atoms with Gasteiger partial charge in [-0.15, -0.1) is 0 Å². The number of carboxylic acid groups (broad SMARTS) is 1. The van der Waals surface area contributed by atoms with Gasteiger partial charge in [0, 0.05) is 13.5 Å². The maximum Gasteiger partial charge on any atom is 0.413 e. The fourth-order valence-corrected chi connectivity index (χ4v) is 1.73. The van der Waals surface area contributed by atoms with E-state index in [2.05, 4.69) is 5.32 Å². The van der Waals surface area contributed by atoms with Crippen molar-refractivity contribution in [3.05, 3.63) is 35.9 Å². The zero-order valence-electron chi connectivity index (χ0n) is 13.9. The molecule has 1 aromatic carbocycles. The summed E-state index contributed by atoms with van der Waals surface area (Å²) in [6.07, 6.45) is -0.389. The van der Waals surface area contributed by atoms with E-state index >= 15 is 0 Å². The van der Waals surface area contributed by atoms with Crippen molar-refractivity contribution >= 4 is 24.0 Å². The van der Waals surface area contributed by atoms with Crippen LogP contribution in [0.15, 0.2) is 30.3 Å². The molecule has 0 bridgehead atoms. The quantitative estimate of drug-likeness (QED) is 0.274. The second kappa shape index (κ2) is 10.6. The number of rotatable bonds is 8. The van der Waals surface area contributed by atoms with Crippen LogP contribution < -0.4 is 5.32 Å². The highest BCUT2D eigenvalue weighted by atomic mass is 16.6. The molecule has 25 heavy (non-hydrogen) atoms. The van der Waals surface area contributed by atoms with Gasteiger partial charge in [-0.1, -0.05) is 30.3 Å². The molecule has 1 rings (SSSR count). The number of aliphatic carboxylic acids is 1. The average molecular weight is 351 g/mol. The van der Waals surface area contributed by atoms with Crippen LogP contribution in [0, 0.1) is 5.41 Å². The molecule has 9 nitrogen and oxygen atoms in total. The molecule has 0 aliphatic rings. The Labute approximate surface area is 145 Å². The number of likely N-dealkylation sites (N-methyl/N-ethyl adjacent to an activating group) is 1. The first kappa shape index (κ1) is 19.9. The van der Waals surface area contributed by atoms with E-state index in [1.807, 2.05) is 30.3 Å². The lowest BCUT2D eigenvalue weighted by atomic mass is 10.2. The molecule has 0 aliphatic heterocycles. The van der Waals surface area contributed by atoms with E-state index in [1.54, 1.807) is 0 Å². The number of carbonyl (C=O) groups is 3. The van der Waals surface area contributed by atoms with Crippen LogP contribution in [0.5, 0.6) is 0 Å². The van der Waals surface area contributed by atoms with Gasteiger partial charge in [0.25, 0.3) is 0 Å². The third-order valence-electron chi connectivity index (χ3n) is 2.95. The zero-order chi connectivity index (χ0) is 18.7. The van der Waals surface area contributed by atoms with E-state index in [0.717, 1.165) is 10.5 Å². The molecule has 0 spiro atoms. The Morgan fingerprint density at radius 1 is 1.16 bits per heavy atom. The number of nitrogens with one attached hydrogen (secondary N) is 2. The molecule has 0 unspecified atom stereocenters. The first-order valence-electron chi connectivity index (χ1n) is 7.53. The van der Waals surface area contributed by atoms with Crippen molar-refractivity contribution in [2.24, 2.45) is 0 Å². The van der Waals surface area contributed by atoms with E-state index < -0.39 is 18.6 Å². The monoisotopic (exact) mass is 351 g/mol. The molecule has 0 saturated heterocycles. The first-order valence-corrected chi connectivity index (χ1v) is 7.53. The Hall–Kier alpha value is -3.10. The molecular weight excluding hydrogens is 330 g/mol. The Morgan fingerprint density at radius 2 is 1.80 bits per heavy atom. The Kier molecular flexibility index (Phi) is 8.48. The Morgan fingerprint density at radius 3 is 2.44 bits per heavy atom. The summed E-state index contributed by atoms with van der Waals surface area (Å²) in [5.74, 6) is -1.88. The number of carboxylic acids is 1. The Bertz CT molecular complexity index is 605. The van der Waals surface area contributed by atoms with Gasteiger partial charge >= 0.3 is 18.0 Å². The van der Waals surface area contributed by atoms with E-state index in [9.17, 15) is 14.4 Å². The molecule has 0 atom stereocenters. The van der Waals surface area contributed by atoms with Crippen LogP contribution in [0.2, 0.25) is 0 Å². The predicted molar refractivity (Wildman–Crippen MR) is 88.2 cm³/mol. The van der Waals surface area contributed by atoms with Crippen molar-refractivity contribution in [2.45, 2.75) is 12.8 Å². The van der Waals surface area contributed by atoms with Crippen molar-refractivity contribution in [1.82, 2.24) is 10.2 Å². The average Bonchev–Trinajstić information content (AvgIpc) is 2.54. The minimum absolute atomic E-state index is 0.000372. The fourth-order valence-electron chi connectivity index (χ4n) is 1.73. The van der Waals surface area contributed by atoms with E-state index in [4.69, 9.17) is 20.0 Å². The molecule has 9 heteroatoms. The van der Waals surface area contributed by atoms with Crippen LogP contribution in [0.25, 0.3) is 0 Å². The SMILES string of the molecule is CN(CC(=O)O)C(=N)NC(=O)OCCCOC(=O)Cc1ccccc1. The van der Waals surface area contributed by atoms with Crippen molar-refractivity contribution in [3.63, 3.8) is 0 Å². The summed E-state index contributed by atoms with van der Waals surface area (Å²) in [6.45, 7) is -0.313. The summed E-state index contributed by atoms with van der Waals surface area (Å²) in [5.41, 5.74) is 0.854. The number of nitrogens with zero attached hydrogens (tertiary/aromatic N) is 1. The number of esters is 1. The van der Waals surface area contributed by atoms with Crippen molar-refractivity contribution in [3.8, 4) is 0 Å². The number of amides is 1. The number of carbonyl (C=O) groups excluding carboxylic acids is 2. The third-order valence-corrected chi connectivity index (χ3v) is 2.95. The maximum atomic E-state index is 11.6.